The molecule has 4 aromatic rings. The van der Waals surface area contributed by atoms with Gasteiger partial charge in [0.15, 0.2) is 11.9 Å². The van der Waals surface area contributed by atoms with Gasteiger partial charge in [0, 0.05) is 31.4 Å². The number of fused-ring (bicyclic) bond motifs is 3. The molecule has 0 aliphatic carbocycles. The van der Waals surface area contributed by atoms with Crippen LogP contribution in [0, 0.1) is 0 Å². The lowest BCUT2D eigenvalue weighted by atomic mass is 10.1. The van der Waals surface area contributed by atoms with Gasteiger partial charge >= 0.3 is 5.97 Å². The Kier molecular flexibility index (Phi) is 9.76. The van der Waals surface area contributed by atoms with Gasteiger partial charge in [-0.1, -0.05) is 43.7 Å². The van der Waals surface area contributed by atoms with E-state index in [1.807, 2.05) is 41.3 Å². The number of carbonyl (C=O) groups excluding carboxylic acids is 1. The Labute approximate surface area is 252 Å². The first-order valence-corrected chi connectivity index (χ1v) is 15.4. The third-order valence-corrected chi connectivity index (χ3v) is 8.10. The number of aromatic nitrogens is 3. The van der Waals surface area contributed by atoms with E-state index in [4.69, 9.17) is 15.5 Å². The highest BCUT2D eigenvalue weighted by atomic mass is 16.5. The van der Waals surface area contributed by atoms with Crippen LogP contribution in [0.15, 0.2) is 48.5 Å². The molecule has 0 bridgehead atoms. The predicted molar refractivity (Wildman–Crippen MR) is 168 cm³/mol. The average Bonchev–Trinajstić information content (AvgIpc) is 3.64. The first-order chi connectivity index (χ1) is 20.8. The summed E-state index contributed by atoms with van der Waals surface area (Å²) < 4.78 is 7.86. The summed E-state index contributed by atoms with van der Waals surface area (Å²) >= 11 is 0. The Morgan fingerprint density at radius 3 is 2.65 bits per heavy atom. The van der Waals surface area contributed by atoms with Crippen molar-refractivity contribution in [1.29, 1.82) is 0 Å². The van der Waals surface area contributed by atoms with Crippen LogP contribution in [0.25, 0.3) is 21.9 Å². The van der Waals surface area contributed by atoms with Gasteiger partial charge in [0.05, 0.1) is 17.6 Å². The molecular formula is C33H42N6O4. The number of nitrogens with two attached hydrogens (primary N) is 1. The zero-order valence-corrected chi connectivity index (χ0v) is 25.2. The van der Waals surface area contributed by atoms with Gasteiger partial charge in [0.25, 0.3) is 0 Å². The van der Waals surface area contributed by atoms with Crippen molar-refractivity contribution in [3.8, 4) is 5.75 Å². The highest BCUT2D eigenvalue weighted by Crippen LogP contribution is 2.29. The van der Waals surface area contributed by atoms with Gasteiger partial charge in [0.2, 0.25) is 5.91 Å². The lowest BCUT2D eigenvalue weighted by molar-refractivity contribution is -0.144. The molecule has 1 amide bonds. The van der Waals surface area contributed by atoms with Gasteiger partial charge in [-0.05, 0) is 69.5 Å². The molecule has 2 aromatic heterocycles. The van der Waals surface area contributed by atoms with Gasteiger partial charge in [-0.25, -0.2) is 14.8 Å². The molecule has 10 nitrogen and oxygen atoms in total. The number of rotatable bonds is 14. The molecule has 3 N–H and O–H groups in total. The summed E-state index contributed by atoms with van der Waals surface area (Å²) in [4.78, 5) is 38.6. The number of carboxylic acids is 1. The molecule has 1 unspecified atom stereocenters. The zero-order chi connectivity index (χ0) is 30.3. The second-order valence-corrected chi connectivity index (χ2v) is 11.4. The SMILES string of the molecule is CCCCc1nc2c(N)nc3ccccc3c2n1CCCN(Cc1cccc(OC(C)C(=O)O)c1)C(=O)CN1CCCC1. The van der Waals surface area contributed by atoms with Crippen molar-refractivity contribution < 1.29 is 19.4 Å². The van der Waals surface area contributed by atoms with Crippen molar-refractivity contribution in [2.24, 2.45) is 0 Å². The van der Waals surface area contributed by atoms with Gasteiger partial charge in [-0.2, -0.15) is 0 Å². The number of aryl methyl sites for hydroxylation is 2. The van der Waals surface area contributed by atoms with Crippen molar-refractivity contribution in [2.45, 2.75) is 71.6 Å². The number of carboxylic acid groups (broad SMARTS) is 1. The van der Waals surface area contributed by atoms with Crippen LogP contribution in [0.1, 0.15) is 57.3 Å². The fourth-order valence-electron chi connectivity index (χ4n) is 5.81. The summed E-state index contributed by atoms with van der Waals surface area (Å²) in [5.41, 5.74) is 9.86. The third kappa shape index (κ3) is 7.25. The number of para-hydroxylation sites is 1. The minimum absolute atomic E-state index is 0.0905. The molecule has 0 radical (unpaired) electrons. The maximum atomic E-state index is 13.6. The molecular weight excluding hydrogens is 544 g/mol. The van der Waals surface area contributed by atoms with E-state index < -0.39 is 12.1 Å². The normalized spacial score (nSPS) is 14.4. The molecule has 1 aliphatic heterocycles. The molecule has 3 heterocycles. The Morgan fingerprint density at radius 1 is 1.09 bits per heavy atom. The van der Waals surface area contributed by atoms with Crippen molar-refractivity contribution in [1.82, 2.24) is 24.3 Å². The number of anilines is 1. The van der Waals surface area contributed by atoms with Crippen LogP contribution < -0.4 is 10.5 Å². The third-order valence-electron chi connectivity index (χ3n) is 8.10. The largest absolute Gasteiger partial charge is 0.479 e. The first kappa shape index (κ1) is 30.3. The lowest BCUT2D eigenvalue weighted by Crippen LogP contribution is -2.39. The maximum absolute atomic E-state index is 13.6. The maximum Gasteiger partial charge on any atom is 0.344 e. The van der Waals surface area contributed by atoms with Crippen LogP contribution in [0.2, 0.25) is 0 Å². The number of benzene rings is 2. The summed E-state index contributed by atoms with van der Waals surface area (Å²) in [7, 11) is 0. The number of imidazole rings is 1. The number of ether oxygens (including phenoxy) is 1. The molecule has 0 saturated carbocycles. The van der Waals surface area contributed by atoms with E-state index in [1.165, 1.54) is 6.92 Å². The predicted octanol–water partition coefficient (Wildman–Crippen LogP) is 4.88. The summed E-state index contributed by atoms with van der Waals surface area (Å²) in [5.74, 6) is 0.972. The fourth-order valence-corrected chi connectivity index (χ4v) is 5.81. The van der Waals surface area contributed by atoms with Gasteiger partial charge in [-0.3, -0.25) is 9.69 Å². The molecule has 10 heteroatoms. The van der Waals surface area contributed by atoms with Crippen LogP contribution in [0.5, 0.6) is 5.75 Å². The lowest BCUT2D eigenvalue weighted by Gasteiger charge is -2.26. The molecule has 43 heavy (non-hydrogen) atoms. The number of carbonyl (C=O) groups is 2. The summed E-state index contributed by atoms with van der Waals surface area (Å²) in [6.45, 7) is 7.63. The first-order valence-electron chi connectivity index (χ1n) is 15.4. The smallest absolute Gasteiger partial charge is 0.344 e. The van der Waals surface area contributed by atoms with Crippen LogP contribution in [0.3, 0.4) is 0 Å². The Balaban J connectivity index is 1.39. The number of amides is 1. The van der Waals surface area contributed by atoms with E-state index in [2.05, 4.69) is 27.4 Å². The second kappa shape index (κ2) is 13.9. The number of hydrogen-bond donors (Lipinski definition) is 2. The molecule has 2 aromatic carbocycles. The molecule has 1 fully saturated rings. The summed E-state index contributed by atoms with van der Waals surface area (Å²) in [6, 6.07) is 15.4. The van der Waals surface area contributed by atoms with E-state index in [9.17, 15) is 14.7 Å². The zero-order valence-electron chi connectivity index (χ0n) is 25.2. The molecule has 0 spiro atoms. The Morgan fingerprint density at radius 2 is 1.88 bits per heavy atom. The van der Waals surface area contributed by atoms with E-state index in [0.29, 0.717) is 37.7 Å². The molecule has 228 valence electrons. The minimum Gasteiger partial charge on any atom is -0.479 e. The number of aliphatic carboxylic acids is 1. The molecule has 1 aliphatic rings. The molecule has 1 saturated heterocycles. The number of likely N-dealkylation sites (tertiary alicyclic amines) is 1. The van der Waals surface area contributed by atoms with E-state index >= 15 is 0 Å². The van der Waals surface area contributed by atoms with E-state index in [0.717, 1.165) is 84.9 Å². The van der Waals surface area contributed by atoms with Gasteiger partial charge in [-0.15, -0.1) is 0 Å². The number of unbranched alkanes of at least 4 members (excludes halogenated alkanes) is 1. The fraction of sp³-hybridized carbons (Fsp3) is 0.455. The van der Waals surface area contributed by atoms with E-state index in [-0.39, 0.29) is 5.91 Å². The quantitative estimate of drug-likeness (QED) is 0.214. The molecule has 5 rings (SSSR count). The number of hydrogen-bond acceptors (Lipinski definition) is 7. The van der Waals surface area contributed by atoms with E-state index in [1.54, 1.807) is 6.07 Å². The monoisotopic (exact) mass is 586 g/mol. The van der Waals surface area contributed by atoms with Crippen LogP contribution in [-0.2, 0) is 29.1 Å². The summed E-state index contributed by atoms with van der Waals surface area (Å²) in [6.07, 6.45) is 4.94. The molecule has 1 atom stereocenters. The number of nitrogen functional groups attached to an aromatic ring is 1. The standard InChI is InChI=1S/C33H42N6O4/c1-3-4-15-28-36-30-31(26-13-5-6-14-27(26)35-32(30)34)39(28)19-10-18-38(29(40)22-37-16-7-8-17-37)21-24-11-9-12-25(20-24)43-23(2)33(41)42/h5-6,9,11-14,20,23H,3-4,7-8,10,15-19,21-22H2,1-2H3,(H2,34,35)(H,41,42). The Bertz CT molecular complexity index is 1580. The van der Waals surface area contributed by atoms with Crippen molar-refractivity contribution >= 4 is 39.6 Å². The van der Waals surface area contributed by atoms with Crippen LogP contribution >= 0.6 is 0 Å². The van der Waals surface area contributed by atoms with Crippen molar-refractivity contribution in [3.05, 3.63) is 59.9 Å². The number of pyridine rings is 1. The summed E-state index contributed by atoms with van der Waals surface area (Å²) in [5, 5.41) is 10.3. The van der Waals surface area contributed by atoms with Crippen LogP contribution in [0.4, 0.5) is 5.82 Å². The Hall–Kier alpha value is -4.18. The van der Waals surface area contributed by atoms with Crippen molar-refractivity contribution in [3.63, 3.8) is 0 Å². The second-order valence-electron chi connectivity index (χ2n) is 11.4. The minimum atomic E-state index is -1.02. The topological polar surface area (TPSA) is 127 Å². The highest BCUT2D eigenvalue weighted by Gasteiger charge is 2.22. The van der Waals surface area contributed by atoms with Gasteiger partial charge < -0.3 is 25.0 Å². The number of nitrogens with zero attached hydrogens (tertiary/aromatic N) is 5. The van der Waals surface area contributed by atoms with Gasteiger partial charge in [0.1, 0.15) is 17.1 Å². The van der Waals surface area contributed by atoms with Crippen molar-refractivity contribution in [2.75, 3.05) is 31.9 Å². The highest BCUT2D eigenvalue weighted by molar-refractivity contribution is 6.06. The van der Waals surface area contributed by atoms with Crippen LogP contribution in [-0.4, -0.2) is 73.6 Å². The average molecular weight is 587 g/mol.